The van der Waals surface area contributed by atoms with Gasteiger partial charge in [0, 0.05) is 18.6 Å². The second-order valence-corrected chi connectivity index (χ2v) is 8.13. The Labute approximate surface area is 205 Å². The maximum atomic E-state index is 13.8. The van der Waals surface area contributed by atoms with Gasteiger partial charge >= 0.3 is 6.61 Å². The fraction of sp³-hybridized carbons (Fsp3) is 0.160. The third-order valence-corrected chi connectivity index (χ3v) is 5.73. The summed E-state index contributed by atoms with van der Waals surface area (Å²) in [5.74, 6) is -0.318. The Hall–Kier alpha value is -4.48. The van der Waals surface area contributed by atoms with E-state index in [1.54, 1.807) is 29.1 Å². The Kier molecular flexibility index (Phi) is 6.24. The van der Waals surface area contributed by atoms with Crippen LogP contribution in [0.15, 0.2) is 71.9 Å². The van der Waals surface area contributed by atoms with Crippen molar-refractivity contribution in [2.45, 2.75) is 19.3 Å². The SMILES string of the molecule is Cn1cnc2ccc(-n3cc4ccc(NC(F)C(F)F)nc4c(-c4ccc(OC(F)F)cc4)c3=O)cc21. The first kappa shape index (κ1) is 24.2. The van der Waals surface area contributed by atoms with Gasteiger partial charge in [-0.2, -0.15) is 8.78 Å². The van der Waals surface area contributed by atoms with E-state index in [0.717, 1.165) is 11.0 Å². The molecule has 0 radical (unpaired) electrons. The molecule has 0 aliphatic carbocycles. The molecule has 5 rings (SSSR count). The third-order valence-electron chi connectivity index (χ3n) is 5.73. The van der Waals surface area contributed by atoms with E-state index in [0.29, 0.717) is 16.6 Å². The zero-order valence-electron chi connectivity index (χ0n) is 19.1. The second kappa shape index (κ2) is 9.52. The number of hydrogen-bond donors (Lipinski definition) is 1. The monoisotopic (exact) mass is 515 g/mol. The first-order valence-corrected chi connectivity index (χ1v) is 10.9. The Balaban J connectivity index is 1.72. The van der Waals surface area contributed by atoms with Crippen LogP contribution in [0.4, 0.5) is 27.8 Å². The molecule has 190 valence electrons. The molecular weight excluding hydrogens is 497 g/mol. The Bertz CT molecular complexity index is 1650. The largest absolute Gasteiger partial charge is 0.435 e. The number of fused-ring (bicyclic) bond motifs is 2. The average Bonchev–Trinajstić information content (AvgIpc) is 3.24. The quantitative estimate of drug-likeness (QED) is 0.229. The number of anilines is 1. The molecular formula is C25H18F5N5O2. The summed E-state index contributed by atoms with van der Waals surface area (Å²) in [4.78, 5) is 22.3. The molecule has 5 aromatic rings. The number of halogens is 5. The average molecular weight is 515 g/mol. The van der Waals surface area contributed by atoms with Crippen molar-refractivity contribution in [1.29, 1.82) is 0 Å². The lowest BCUT2D eigenvalue weighted by Gasteiger charge is -2.15. The molecule has 0 fully saturated rings. The van der Waals surface area contributed by atoms with E-state index in [2.05, 4.69) is 14.7 Å². The zero-order chi connectivity index (χ0) is 26.3. The number of imidazole rings is 1. The molecule has 3 aromatic heterocycles. The van der Waals surface area contributed by atoms with Crippen molar-refractivity contribution in [3.63, 3.8) is 0 Å². The highest BCUT2D eigenvalue weighted by molar-refractivity contribution is 5.94. The van der Waals surface area contributed by atoms with Crippen molar-refractivity contribution in [1.82, 2.24) is 19.1 Å². The summed E-state index contributed by atoms with van der Waals surface area (Å²) in [7, 11) is 1.81. The van der Waals surface area contributed by atoms with Crippen LogP contribution in [-0.4, -0.2) is 38.4 Å². The van der Waals surface area contributed by atoms with Gasteiger partial charge in [-0.05, 0) is 48.0 Å². The number of pyridine rings is 2. The van der Waals surface area contributed by atoms with Gasteiger partial charge in [-0.15, -0.1) is 0 Å². The molecule has 0 aliphatic rings. The standard InChI is InChI=1S/C25H18F5N5O2/c1-34-12-31-17-8-5-15(10-18(17)34)35-11-14-4-9-19(33-23(28)22(26)27)32-21(14)20(24(35)36)13-2-6-16(7-3-13)37-25(29)30/h2-12,22-23,25H,1H3,(H,32,33). The van der Waals surface area contributed by atoms with Gasteiger partial charge < -0.3 is 14.6 Å². The topological polar surface area (TPSA) is 74.0 Å². The van der Waals surface area contributed by atoms with E-state index in [1.807, 2.05) is 12.4 Å². The van der Waals surface area contributed by atoms with Crippen molar-refractivity contribution in [2.75, 3.05) is 5.32 Å². The summed E-state index contributed by atoms with van der Waals surface area (Å²) in [6.45, 7) is -3.03. The Morgan fingerprint density at radius 2 is 1.73 bits per heavy atom. The van der Waals surface area contributed by atoms with Crippen molar-refractivity contribution in [3.05, 3.63) is 77.5 Å². The van der Waals surface area contributed by atoms with E-state index >= 15 is 0 Å². The van der Waals surface area contributed by atoms with Crippen LogP contribution in [-0.2, 0) is 7.05 Å². The molecule has 0 bridgehead atoms. The Morgan fingerprint density at radius 1 is 0.973 bits per heavy atom. The van der Waals surface area contributed by atoms with E-state index < -0.39 is 24.9 Å². The fourth-order valence-electron chi connectivity index (χ4n) is 4.00. The highest BCUT2D eigenvalue weighted by atomic mass is 19.3. The summed E-state index contributed by atoms with van der Waals surface area (Å²) >= 11 is 0. The predicted molar refractivity (Wildman–Crippen MR) is 128 cm³/mol. The smallest absolute Gasteiger partial charge is 0.387 e. The number of hydrogen-bond acceptors (Lipinski definition) is 5. The van der Waals surface area contributed by atoms with Crippen LogP contribution in [0.1, 0.15) is 0 Å². The normalized spacial score (nSPS) is 12.5. The summed E-state index contributed by atoms with van der Waals surface area (Å²) in [5.41, 5.74) is 1.98. The number of alkyl halides is 5. The molecule has 1 N–H and O–H groups in total. The number of ether oxygens (including phenoxy) is 1. The van der Waals surface area contributed by atoms with Crippen LogP contribution in [0, 0.1) is 0 Å². The minimum absolute atomic E-state index is 0.0577. The minimum atomic E-state index is -3.28. The lowest BCUT2D eigenvalue weighted by Crippen LogP contribution is -2.23. The summed E-state index contributed by atoms with van der Waals surface area (Å²) in [6, 6.07) is 13.4. The molecule has 0 amide bonds. The molecule has 2 aromatic carbocycles. The molecule has 0 spiro atoms. The predicted octanol–water partition coefficient (Wildman–Crippen LogP) is 5.51. The van der Waals surface area contributed by atoms with Crippen molar-refractivity contribution in [2.24, 2.45) is 7.05 Å². The molecule has 7 nitrogen and oxygen atoms in total. The van der Waals surface area contributed by atoms with E-state index in [4.69, 9.17) is 0 Å². The highest BCUT2D eigenvalue weighted by Crippen LogP contribution is 2.29. The molecule has 3 heterocycles. The maximum absolute atomic E-state index is 13.8. The van der Waals surface area contributed by atoms with Gasteiger partial charge in [-0.3, -0.25) is 9.36 Å². The zero-order valence-corrected chi connectivity index (χ0v) is 19.1. The van der Waals surface area contributed by atoms with Crippen LogP contribution in [0.3, 0.4) is 0 Å². The van der Waals surface area contributed by atoms with Crippen LogP contribution in [0.5, 0.6) is 5.75 Å². The molecule has 37 heavy (non-hydrogen) atoms. The van der Waals surface area contributed by atoms with E-state index in [-0.39, 0.29) is 22.6 Å². The van der Waals surface area contributed by atoms with Crippen molar-refractivity contribution < 1.29 is 26.7 Å². The van der Waals surface area contributed by atoms with Crippen LogP contribution >= 0.6 is 0 Å². The molecule has 1 atom stereocenters. The van der Waals surface area contributed by atoms with Gasteiger partial charge in [0.05, 0.1) is 34.1 Å². The number of nitrogens with zero attached hydrogens (tertiary/aromatic N) is 4. The van der Waals surface area contributed by atoms with Crippen LogP contribution < -0.4 is 15.6 Å². The van der Waals surface area contributed by atoms with Crippen LogP contribution in [0.25, 0.3) is 38.8 Å². The number of aromatic nitrogens is 4. The van der Waals surface area contributed by atoms with E-state index in [1.165, 1.54) is 47.2 Å². The van der Waals surface area contributed by atoms with Gasteiger partial charge in [0.2, 0.25) is 6.30 Å². The molecule has 0 saturated heterocycles. The number of benzene rings is 2. The summed E-state index contributed by atoms with van der Waals surface area (Å²) < 4.78 is 71.9. The van der Waals surface area contributed by atoms with Crippen molar-refractivity contribution in [3.8, 4) is 22.6 Å². The summed E-state index contributed by atoms with van der Waals surface area (Å²) in [5, 5.41) is 2.43. The van der Waals surface area contributed by atoms with Crippen LogP contribution in [0.2, 0.25) is 0 Å². The first-order valence-electron chi connectivity index (χ1n) is 10.9. The van der Waals surface area contributed by atoms with Gasteiger partial charge in [0.15, 0.2) is 0 Å². The molecule has 12 heteroatoms. The Morgan fingerprint density at radius 3 is 2.43 bits per heavy atom. The lowest BCUT2D eigenvalue weighted by atomic mass is 10.0. The molecule has 0 saturated carbocycles. The number of nitrogens with one attached hydrogen (secondary N) is 1. The number of aryl methyl sites for hydroxylation is 1. The third kappa shape index (κ3) is 4.69. The lowest BCUT2D eigenvalue weighted by molar-refractivity contribution is -0.0498. The highest BCUT2D eigenvalue weighted by Gasteiger charge is 2.21. The molecule has 0 aliphatic heterocycles. The summed E-state index contributed by atoms with van der Waals surface area (Å²) in [6.07, 6.45) is -2.77. The van der Waals surface area contributed by atoms with Crippen molar-refractivity contribution >= 4 is 27.8 Å². The maximum Gasteiger partial charge on any atom is 0.387 e. The number of rotatable bonds is 7. The minimum Gasteiger partial charge on any atom is -0.435 e. The van der Waals surface area contributed by atoms with Gasteiger partial charge in [0.25, 0.3) is 12.0 Å². The fourth-order valence-corrected chi connectivity index (χ4v) is 4.00. The molecule has 1 unspecified atom stereocenters. The van der Waals surface area contributed by atoms with Gasteiger partial charge in [0.1, 0.15) is 11.6 Å². The van der Waals surface area contributed by atoms with Gasteiger partial charge in [-0.25, -0.2) is 23.1 Å². The second-order valence-electron chi connectivity index (χ2n) is 8.13. The van der Waals surface area contributed by atoms with Gasteiger partial charge in [-0.1, -0.05) is 12.1 Å². The van der Waals surface area contributed by atoms with E-state index in [9.17, 15) is 26.7 Å². The first-order chi connectivity index (χ1) is 17.7.